The molecular weight excluding hydrogens is 343 g/mol. The number of halogens is 2. The van der Waals surface area contributed by atoms with E-state index in [1.807, 2.05) is 19.0 Å². The van der Waals surface area contributed by atoms with Crippen molar-refractivity contribution in [3.05, 3.63) is 24.3 Å². The van der Waals surface area contributed by atoms with Crippen LogP contribution in [0.25, 0.3) is 0 Å². The number of primary amides is 1. The Morgan fingerprint density at radius 2 is 1.78 bits per heavy atom. The maximum absolute atomic E-state index is 11.7. The van der Waals surface area contributed by atoms with Gasteiger partial charge in [-0.25, -0.2) is 0 Å². The fourth-order valence-electron chi connectivity index (χ4n) is 1.52. The molecule has 0 fully saturated rings. The molecule has 1 unspecified atom stereocenters. The maximum Gasteiger partial charge on any atom is 0.241 e. The lowest BCUT2D eigenvalue weighted by atomic mass is 10.2. The molecule has 1 atom stereocenters. The summed E-state index contributed by atoms with van der Waals surface area (Å²) in [4.78, 5) is 24.4. The molecule has 0 saturated heterocycles. The summed E-state index contributed by atoms with van der Waals surface area (Å²) in [5.74, 6) is -0.339. The minimum Gasteiger partial charge on any atom is -0.492 e. The Labute approximate surface area is 148 Å². The zero-order valence-corrected chi connectivity index (χ0v) is 14.8. The lowest BCUT2D eigenvalue weighted by Crippen LogP contribution is -2.38. The third-order valence-electron chi connectivity index (χ3n) is 2.69. The number of carbonyl (C=O) groups is 2. The van der Waals surface area contributed by atoms with Gasteiger partial charge in [-0.05, 0) is 38.4 Å². The predicted octanol–water partition coefficient (Wildman–Crippen LogP) is 0.612. The van der Waals surface area contributed by atoms with Gasteiger partial charge in [0.2, 0.25) is 11.8 Å². The van der Waals surface area contributed by atoms with Gasteiger partial charge in [0, 0.05) is 12.2 Å². The van der Waals surface area contributed by atoms with E-state index in [1.165, 1.54) is 0 Å². The summed E-state index contributed by atoms with van der Waals surface area (Å²) in [6, 6.07) is 5.98. The lowest BCUT2D eigenvalue weighted by molar-refractivity contribution is -0.123. The van der Waals surface area contributed by atoms with Crippen molar-refractivity contribution < 1.29 is 14.3 Å². The van der Waals surface area contributed by atoms with E-state index in [0.29, 0.717) is 12.3 Å². The molecule has 9 heteroatoms. The van der Waals surface area contributed by atoms with Gasteiger partial charge >= 0.3 is 0 Å². The smallest absolute Gasteiger partial charge is 0.241 e. The van der Waals surface area contributed by atoms with Gasteiger partial charge in [0.15, 0.2) is 0 Å². The van der Waals surface area contributed by atoms with Gasteiger partial charge in [0.05, 0.1) is 12.5 Å². The standard InChI is InChI=1S/C14H22N4O3.2ClH/c1-18(2)7-8-21-11-5-3-10(4-6-11)17-14(20)12(15)9-13(16)19;;/h3-6,12H,7-9,15H2,1-2H3,(H2,16,19)(H,17,20);2*1H. The maximum atomic E-state index is 11.7. The van der Waals surface area contributed by atoms with Crippen LogP contribution >= 0.6 is 24.8 Å². The van der Waals surface area contributed by atoms with E-state index in [9.17, 15) is 9.59 Å². The molecule has 0 aromatic heterocycles. The van der Waals surface area contributed by atoms with Crippen LogP contribution in [0, 0.1) is 0 Å². The van der Waals surface area contributed by atoms with Crippen molar-refractivity contribution in [3.8, 4) is 5.75 Å². The van der Waals surface area contributed by atoms with Gasteiger partial charge in [-0.1, -0.05) is 0 Å². The average Bonchev–Trinajstić information content (AvgIpc) is 2.39. The van der Waals surface area contributed by atoms with E-state index in [1.54, 1.807) is 24.3 Å². The highest BCUT2D eigenvalue weighted by molar-refractivity contribution is 5.97. The van der Waals surface area contributed by atoms with Gasteiger partial charge < -0.3 is 26.4 Å². The van der Waals surface area contributed by atoms with Crippen molar-refractivity contribution in [1.82, 2.24) is 4.90 Å². The van der Waals surface area contributed by atoms with Crippen LogP contribution in [-0.2, 0) is 9.59 Å². The molecule has 0 aliphatic rings. The average molecular weight is 367 g/mol. The molecule has 1 rings (SSSR count). The van der Waals surface area contributed by atoms with Crippen LogP contribution in [0.5, 0.6) is 5.75 Å². The molecule has 5 N–H and O–H groups in total. The van der Waals surface area contributed by atoms with Crippen LogP contribution in [0.2, 0.25) is 0 Å². The minimum absolute atomic E-state index is 0. The van der Waals surface area contributed by atoms with E-state index in [4.69, 9.17) is 16.2 Å². The summed E-state index contributed by atoms with van der Waals surface area (Å²) in [6.45, 7) is 1.41. The van der Waals surface area contributed by atoms with E-state index in [0.717, 1.165) is 12.3 Å². The molecule has 2 amide bonds. The number of ether oxygens (including phenoxy) is 1. The van der Waals surface area contributed by atoms with Crippen LogP contribution in [0.3, 0.4) is 0 Å². The Bertz CT molecular complexity index is 483. The number of likely N-dealkylation sites (N-methyl/N-ethyl adjacent to an activating group) is 1. The zero-order chi connectivity index (χ0) is 15.8. The molecule has 0 aliphatic heterocycles. The van der Waals surface area contributed by atoms with Crippen molar-refractivity contribution in [2.45, 2.75) is 12.5 Å². The predicted molar refractivity (Wildman–Crippen MR) is 95.4 cm³/mol. The molecule has 0 heterocycles. The highest BCUT2D eigenvalue weighted by Gasteiger charge is 2.15. The first-order chi connectivity index (χ1) is 9.88. The van der Waals surface area contributed by atoms with Crippen molar-refractivity contribution >= 4 is 42.3 Å². The third kappa shape index (κ3) is 9.96. The number of nitrogens with one attached hydrogen (secondary N) is 1. The van der Waals surface area contributed by atoms with Gasteiger partial charge in [-0.15, -0.1) is 24.8 Å². The third-order valence-corrected chi connectivity index (χ3v) is 2.69. The Morgan fingerprint density at radius 3 is 2.26 bits per heavy atom. The molecule has 1 aromatic carbocycles. The summed E-state index contributed by atoms with van der Waals surface area (Å²) in [6.07, 6.45) is -0.183. The summed E-state index contributed by atoms with van der Waals surface area (Å²) >= 11 is 0. The second-order valence-corrected chi connectivity index (χ2v) is 4.94. The van der Waals surface area contributed by atoms with E-state index < -0.39 is 17.9 Å². The second-order valence-electron chi connectivity index (χ2n) is 4.94. The van der Waals surface area contributed by atoms with Gasteiger partial charge in [0.1, 0.15) is 12.4 Å². The molecule has 1 aromatic rings. The highest BCUT2D eigenvalue weighted by Crippen LogP contribution is 2.15. The van der Waals surface area contributed by atoms with Crippen LogP contribution in [0.1, 0.15) is 6.42 Å². The number of benzene rings is 1. The number of carbonyl (C=O) groups excluding carboxylic acids is 2. The van der Waals surface area contributed by atoms with E-state index in [2.05, 4.69) is 5.32 Å². The van der Waals surface area contributed by atoms with Gasteiger partial charge in [-0.3, -0.25) is 9.59 Å². The zero-order valence-electron chi connectivity index (χ0n) is 13.2. The summed E-state index contributed by atoms with van der Waals surface area (Å²) in [5.41, 5.74) is 11.1. The first kappa shape index (κ1) is 23.7. The molecular formula is C14H24Cl2N4O3. The molecule has 0 radical (unpaired) electrons. The molecule has 0 aliphatic carbocycles. The molecule has 23 heavy (non-hydrogen) atoms. The first-order valence-electron chi connectivity index (χ1n) is 6.61. The van der Waals surface area contributed by atoms with Crippen molar-refractivity contribution in [1.29, 1.82) is 0 Å². The SMILES string of the molecule is CN(C)CCOc1ccc(NC(=O)C(N)CC(N)=O)cc1.Cl.Cl. The summed E-state index contributed by atoms with van der Waals surface area (Å²) < 4.78 is 5.54. The number of nitrogens with zero attached hydrogens (tertiary/aromatic N) is 1. The Morgan fingerprint density at radius 1 is 1.22 bits per heavy atom. The molecule has 7 nitrogen and oxygen atoms in total. The Kier molecular flexibility index (Phi) is 12.3. The minimum atomic E-state index is -0.946. The molecule has 132 valence electrons. The van der Waals surface area contributed by atoms with Gasteiger partial charge in [-0.2, -0.15) is 0 Å². The number of rotatable bonds is 8. The first-order valence-corrected chi connectivity index (χ1v) is 6.61. The number of nitrogens with two attached hydrogens (primary N) is 2. The van der Waals surface area contributed by atoms with E-state index in [-0.39, 0.29) is 31.2 Å². The largest absolute Gasteiger partial charge is 0.492 e. The van der Waals surface area contributed by atoms with Crippen molar-refractivity contribution in [2.24, 2.45) is 11.5 Å². The lowest BCUT2D eigenvalue weighted by Gasteiger charge is -2.12. The second kappa shape index (κ2) is 12.0. The number of hydrogen-bond donors (Lipinski definition) is 3. The number of anilines is 1. The highest BCUT2D eigenvalue weighted by atomic mass is 35.5. The molecule has 0 spiro atoms. The van der Waals surface area contributed by atoms with Crippen LogP contribution in [0.15, 0.2) is 24.3 Å². The number of hydrogen-bond acceptors (Lipinski definition) is 5. The normalized spacial score (nSPS) is 11.0. The quantitative estimate of drug-likeness (QED) is 0.624. The van der Waals surface area contributed by atoms with Crippen LogP contribution < -0.4 is 21.5 Å². The topological polar surface area (TPSA) is 111 Å². The van der Waals surface area contributed by atoms with Gasteiger partial charge in [0.25, 0.3) is 0 Å². The van der Waals surface area contributed by atoms with Crippen LogP contribution in [0.4, 0.5) is 5.69 Å². The molecule has 0 saturated carbocycles. The fraction of sp³-hybridized carbons (Fsp3) is 0.429. The van der Waals surface area contributed by atoms with Crippen molar-refractivity contribution in [2.75, 3.05) is 32.6 Å². The van der Waals surface area contributed by atoms with E-state index >= 15 is 0 Å². The number of amides is 2. The summed E-state index contributed by atoms with van der Waals surface area (Å²) in [7, 11) is 3.94. The summed E-state index contributed by atoms with van der Waals surface area (Å²) in [5, 5.41) is 2.61. The van der Waals surface area contributed by atoms with Crippen molar-refractivity contribution in [3.63, 3.8) is 0 Å². The Hall–Kier alpha value is -1.54. The Balaban J connectivity index is 0. The fourth-order valence-corrected chi connectivity index (χ4v) is 1.52. The monoisotopic (exact) mass is 366 g/mol. The van der Waals surface area contributed by atoms with Crippen LogP contribution in [-0.4, -0.2) is 50.0 Å². The molecule has 0 bridgehead atoms.